The quantitative estimate of drug-likeness (QED) is 0.361. The fourth-order valence-corrected chi connectivity index (χ4v) is 3.54. The number of amides is 3. The lowest BCUT2D eigenvalue weighted by atomic mass is 10.0. The van der Waals surface area contributed by atoms with Crippen molar-refractivity contribution in [3.05, 3.63) is 84.8 Å². The molecule has 11 heteroatoms. The Hall–Kier alpha value is -4.28. The summed E-state index contributed by atoms with van der Waals surface area (Å²) < 4.78 is 46.1. The Bertz CT molecular complexity index is 1140. The second kappa shape index (κ2) is 12.6. The molecule has 0 bridgehead atoms. The van der Waals surface area contributed by atoms with Crippen LogP contribution in [0, 0.1) is 0 Å². The van der Waals surface area contributed by atoms with Gasteiger partial charge in [0.15, 0.2) is 0 Å². The van der Waals surface area contributed by atoms with E-state index >= 15 is 0 Å². The van der Waals surface area contributed by atoms with Crippen LogP contribution in [0.4, 0.5) is 23.7 Å². The van der Waals surface area contributed by atoms with Crippen molar-refractivity contribution in [2.75, 3.05) is 18.4 Å². The number of pyridine rings is 1. The third kappa shape index (κ3) is 9.02. The van der Waals surface area contributed by atoms with Crippen LogP contribution in [0.5, 0.6) is 11.6 Å². The highest BCUT2D eigenvalue weighted by atomic mass is 19.4. The van der Waals surface area contributed by atoms with Gasteiger partial charge in [-0.2, -0.15) is 0 Å². The lowest BCUT2D eigenvalue weighted by molar-refractivity contribution is -0.274. The van der Waals surface area contributed by atoms with E-state index < -0.39 is 12.4 Å². The molecule has 0 unspecified atom stereocenters. The summed E-state index contributed by atoms with van der Waals surface area (Å²) in [6.07, 6.45) is 4.76. The number of allylic oxidation sites excluding steroid dienone is 5. The minimum atomic E-state index is -4.78. The summed E-state index contributed by atoms with van der Waals surface area (Å²) in [5.41, 5.74) is 0.751. The number of nitrogens with zero attached hydrogens (tertiary/aromatic N) is 2. The van der Waals surface area contributed by atoms with Crippen molar-refractivity contribution < 1.29 is 32.2 Å². The molecule has 0 radical (unpaired) electrons. The molecule has 37 heavy (non-hydrogen) atoms. The third-order valence-electron chi connectivity index (χ3n) is 5.29. The van der Waals surface area contributed by atoms with Crippen LogP contribution >= 0.6 is 0 Å². The summed E-state index contributed by atoms with van der Waals surface area (Å²) in [6, 6.07) is 7.48. The molecule has 2 N–H and O–H groups in total. The van der Waals surface area contributed by atoms with Gasteiger partial charge in [-0.25, -0.2) is 9.78 Å². The SMILES string of the molecule is C=C/C=C\C=C(/C)Oc1ccc(C(=O)N2CCC(NC(=O)Nc3ccc(OC(F)(F)F)cc3)CC2)cn1. The summed E-state index contributed by atoms with van der Waals surface area (Å²) in [5.74, 6) is 0.463. The van der Waals surface area contributed by atoms with Crippen molar-refractivity contribution in [2.24, 2.45) is 0 Å². The Labute approximate surface area is 212 Å². The van der Waals surface area contributed by atoms with Crippen molar-refractivity contribution in [3.8, 4) is 11.6 Å². The standard InChI is InChI=1S/C26H27F3N4O4/c1-3-4-5-6-18(2)36-23-12-7-19(17-30-23)24(34)33-15-13-21(14-16-33)32-25(35)31-20-8-10-22(11-9-20)37-26(27,28)29/h3-12,17,21H,1,13-16H2,2H3,(H2,31,32,35)/b5-4-,18-6+. The lowest BCUT2D eigenvalue weighted by Gasteiger charge is -2.32. The molecule has 1 saturated heterocycles. The van der Waals surface area contributed by atoms with Gasteiger partial charge in [0.2, 0.25) is 5.88 Å². The molecule has 1 fully saturated rings. The number of likely N-dealkylation sites (tertiary alicyclic amines) is 1. The van der Waals surface area contributed by atoms with Crippen LogP contribution in [0.1, 0.15) is 30.1 Å². The van der Waals surface area contributed by atoms with Gasteiger partial charge in [0, 0.05) is 37.1 Å². The number of rotatable bonds is 8. The minimum absolute atomic E-state index is 0.157. The summed E-state index contributed by atoms with van der Waals surface area (Å²) in [5, 5.41) is 5.39. The monoisotopic (exact) mass is 516 g/mol. The van der Waals surface area contributed by atoms with Gasteiger partial charge in [0.25, 0.3) is 5.91 Å². The Kier molecular flexibility index (Phi) is 9.31. The zero-order chi connectivity index (χ0) is 26.8. The van der Waals surface area contributed by atoms with Gasteiger partial charge >= 0.3 is 12.4 Å². The van der Waals surface area contributed by atoms with Crippen LogP contribution in [-0.4, -0.2) is 47.3 Å². The maximum atomic E-state index is 12.8. The van der Waals surface area contributed by atoms with Gasteiger partial charge in [-0.3, -0.25) is 4.79 Å². The number of hydrogen-bond donors (Lipinski definition) is 2. The number of piperidine rings is 1. The van der Waals surface area contributed by atoms with Gasteiger partial charge in [-0.1, -0.05) is 24.8 Å². The third-order valence-corrected chi connectivity index (χ3v) is 5.29. The van der Waals surface area contributed by atoms with E-state index in [1.54, 1.807) is 48.3 Å². The second-order valence-corrected chi connectivity index (χ2v) is 8.12. The Morgan fingerprint density at radius 1 is 1.11 bits per heavy atom. The van der Waals surface area contributed by atoms with Crippen LogP contribution in [0.25, 0.3) is 0 Å². The fourth-order valence-electron chi connectivity index (χ4n) is 3.54. The first kappa shape index (κ1) is 27.3. The summed E-state index contributed by atoms with van der Waals surface area (Å²) in [4.78, 5) is 31.0. The second-order valence-electron chi connectivity index (χ2n) is 8.12. The fraction of sp³-hybridized carbons (Fsp3) is 0.269. The van der Waals surface area contributed by atoms with Gasteiger partial charge in [0.05, 0.1) is 5.56 Å². The number of benzene rings is 1. The molecule has 0 atom stereocenters. The van der Waals surface area contributed by atoms with Gasteiger partial charge in [0.1, 0.15) is 11.5 Å². The molecule has 1 aliphatic heterocycles. The molecule has 3 amide bonds. The first-order valence-electron chi connectivity index (χ1n) is 11.5. The molecule has 0 spiro atoms. The summed E-state index contributed by atoms with van der Waals surface area (Å²) in [6.45, 7) is 6.27. The number of ether oxygens (including phenoxy) is 2. The topological polar surface area (TPSA) is 92.8 Å². The Morgan fingerprint density at radius 3 is 2.41 bits per heavy atom. The maximum Gasteiger partial charge on any atom is 0.573 e. The summed E-state index contributed by atoms with van der Waals surface area (Å²) in [7, 11) is 0. The van der Waals surface area contributed by atoms with Crippen LogP contribution in [0.2, 0.25) is 0 Å². The van der Waals surface area contributed by atoms with Gasteiger partial charge < -0.3 is 25.0 Å². The molecule has 8 nitrogen and oxygen atoms in total. The first-order valence-corrected chi connectivity index (χ1v) is 11.5. The number of alkyl halides is 3. The van der Waals surface area contributed by atoms with Crippen molar-refractivity contribution in [1.29, 1.82) is 0 Å². The molecular weight excluding hydrogens is 489 g/mol. The Morgan fingerprint density at radius 2 is 1.81 bits per heavy atom. The van der Waals surface area contributed by atoms with E-state index in [1.807, 2.05) is 0 Å². The molecule has 196 valence electrons. The average Bonchev–Trinajstić information content (AvgIpc) is 2.85. The minimum Gasteiger partial charge on any atom is -0.444 e. The predicted octanol–water partition coefficient (Wildman–Crippen LogP) is 5.43. The number of hydrogen-bond acceptors (Lipinski definition) is 5. The van der Waals surface area contributed by atoms with E-state index in [0.29, 0.717) is 48.8 Å². The molecule has 2 aromatic rings. The molecule has 3 rings (SSSR count). The van der Waals surface area contributed by atoms with Crippen LogP contribution in [0.3, 0.4) is 0 Å². The number of nitrogens with one attached hydrogen (secondary N) is 2. The highest BCUT2D eigenvalue weighted by Gasteiger charge is 2.31. The summed E-state index contributed by atoms with van der Waals surface area (Å²) >= 11 is 0. The van der Waals surface area contributed by atoms with Gasteiger partial charge in [-0.05, 0) is 56.2 Å². The van der Waals surface area contributed by atoms with E-state index in [0.717, 1.165) is 12.1 Å². The smallest absolute Gasteiger partial charge is 0.444 e. The first-order chi connectivity index (χ1) is 17.6. The lowest BCUT2D eigenvalue weighted by Crippen LogP contribution is -2.47. The highest BCUT2D eigenvalue weighted by Crippen LogP contribution is 2.24. The molecule has 1 aromatic heterocycles. The number of aromatic nitrogens is 1. The molecule has 1 aliphatic rings. The average molecular weight is 517 g/mol. The molecule has 0 aliphatic carbocycles. The van der Waals surface area contributed by atoms with Crippen molar-refractivity contribution in [1.82, 2.24) is 15.2 Å². The molecule has 1 aromatic carbocycles. The van der Waals surface area contributed by atoms with E-state index in [2.05, 4.69) is 26.9 Å². The normalized spacial score (nSPS) is 14.8. The molecule has 2 heterocycles. The Balaban J connectivity index is 1.44. The predicted molar refractivity (Wildman–Crippen MR) is 132 cm³/mol. The van der Waals surface area contributed by atoms with Crippen molar-refractivity contribution in [3.63, 3.8) is 0 Å². The highest BCUT2D eigenvalue weighted by molar-refractivity contribution is 5.94. The number of carbonyl (C=O) groups excluding carboxylic acids is 2. The molecular formula is C26H27F3N4O4. The zero-order valence-electron chi connectivity index (χ0n) is 20.1. The zero-order valence-corrected chi connectivity index (χ0v) is 20.1. The largest absolute Gasteiger partial charge is 0.573 e. The van der Waals surface area contributed by atoms with E-state index in [4.69, 9.17) is 4.74 Å². The number of halogens is 3. The van der Waals surface area contributed by atoms with E-state index in [1.165, 1.54) is 18.3 Å². The van der Waals surface area contributed by atoms with Crippen LogP contribution < -0.4 is 20.1 Å². The number of anilines is 1. The van der Waals surface area contributed by atoms with Crippen LogP contribution in [-0.2, 0) is 0 Å². The van der Waals surface area contributed by atoms with Gasteiger partial charge in [-0.15, -0.1) is 13.2 Å². The number of carbonyl (C=O) groups is 2. The van der Waals surface area contributed by atoms with Crippen LogP contribution in [0.15, 0.2) is 79.2 Å². The molecule has 0 saturated carbocycles. The van der Waals surface area contributed by atoms with E-state index in [9.17, 15) is 22.8 Å². The number of urea groups is 1. The maximum absolute atomic E-state index is 12.8. The van der Waals surface area contributed by atoms with Crippen molar-refractivity contribution in [2.45, 2.75) is 32.2 Å². The van der Waals surface area contributed by atoms with Crippen molar-refractivity contribution >= 4 is 17.6 Å². The van der Waals surface area contributed by atoms with E-state index in [-0.39, 0.29) is 17.7 Å².